The number of methoxy groups -OCH3 is 1. The number of ether oxygens (including phenoxy) is 1. The molecule has 0 saturated carbocycles. The zero-order valence-corrected chi connectivity index (χ0v) is 15.0. The molecular weight excluding hydrogens is 314 g/mol. The van der Waals surface area contributed by atoms with Crippen molar-refractivity contribution in [2.75, 3.05) is 33.3 Å². The van der Waals surface area contributed by atoms with Crippen LogP contribution in [0.5, 0.6) is 5.75 Å². The van der Waals surface area contributed by atoms with Crippen molar-refractivity contribution in [3.63, 3.8) is 0 Å². The summed E-state index contributed by atoms with van der Waals surface area (Å²) in [7, 11) is 1.64. The number of piperazine rings is 1. The molecule has 1 saturated heterocycles. The molecule has 1 aliphatic carbocycles. The SMILES string of the molecule is COc1ccc(CC(=O)NC2=CCC(C)(N3CCNCC3)C=C2)cc1. The molecule has 5 heteroatoms. The van der Waals surface area contributed by atoms with Crippen molar-refractivity contribution in [3.8, 4) is 5.75 Å². The molecule has 1 aliphatic heterocycles. The second-order valence-corrected chi connectivity index (χ2v) is 6.86. The summed E-state index contributed by atoms with van der Waals surface area (Å²) < 4.78 is 5.14. The molecule has 1 aromatic rings. The molecule has 1 amide bonds. The maximum absolute atomic E-state index is 12.3. The number of carbonyl (C=O) groups excluding carboxylic acids is 1. The molecule has 1 heterocycles. The number of nitrogens with one attached hydrogen (secondary N) is 2. The number of carbonyl (C=O) groups is 1. The number of allylic oxidation sites excluding steroid dienone is 1. The van der Waals surface area contributed by atoms with Gasteiger partial charge in [-0.25, -0.2) is 0 Å². The number of nitrogens with zero attached hydrogens (tertiary/aromatic N) is 1. The van der Waals surface area contributed by atoms with E-state index in [2.05, 4.69) is 34.6 Å². The molecule has 3 rings (SSSR count). The van der Waals surface area contributed by atoms with Gasteiger partial charge in [-0.3, -0.25) is 9.69 Å². The lowest BCUT2D eigenvalue weighted by molar-refractivity contribution is -0.119. The van der Waals surface area contributed by atoms with Gasteiger partial charge in [0.15, 0.2) is 0 Å². The molecule has 0 spiro atoms. The number of hydrogen-bond acceptors (Lipinski definition) is 4. The molecule has 1 unspecified atom stereocenters. The van der Waals surface area contributed by atoms with Gasteiger partial charge in [-0.15, -0.1) is 0 Å². The molecule has 0 bridgehead atoms. The maximum Gasteiger partial charge on any atom is 0.228 e. The van der Waals surface area contributed by atoms with Crippen molar-refractivity contribution < 1.29 is 9.53 Å². The highest BCUT2D eigenvalue weighted by atomic mass is 16.5. The van der Waals surface area contributed by atoms with Gasteiger partial charge in [0.25, 0.3) is 0 Å². The molecule has 25 heavy (non-hydrogen) atoms. The molecule has 2 aliphatic rings. The van der Waals surface area contributed by atoms with Crippen LogP contribution >= 0.6 is 0 Å². The molecular formula is C20H27N3O2. The molecule has 0 radical (unpaired) electrons. The average molecular weight is 341 g/mol. The minimum atomic E-state index is 0.00634. The van der Waals surface area contributed by atoms with Crippen molar-refractivity contribution in [1.29, 1.82) is 0 Å². The van der Waals surface area contributed by atoms with Crippen LogP contribution in [0.2, 0.25) is 0 Å². The summed E-state index contributed by atoms with van der Waals surface area (Å²) in [5.74, 6) is 0.807. The third-order valence-corrected chi connectivity index (χ3v) is 5.00. The Morgan fingerprint density at radius 1 is 1.28 bits per heavy atom. The Balaban J connectivity index is 1.53. The Labute approximate surface area is 149 Å². The summed E-state index contributed by atoms with van der Waals surface area (Å²) in [5, 5.41) is 6.40. The zero-order valence-electron chi connectivity index (χ0n) is 15.0. The summed E-state index contributed by atoms with van der Waals surface area (Å²) >= 11 is 0. The smallest absolute Gasteiger partial charge is 0.228 e. The van der Waals surface area contributed by atoms with E-state index in [0.29, 0.717) is 6.42 Å². The summed E-state index contributed by atoms with van der Waals surface area (Å²) in [5.41, 5.74) is 1.92. The molecule has 0 aromatic heterocycles. The van der Waals surface area contributed by atoms with Crippen LogP contribution < -0.4 is 15.4 Å². The molecule has 5 nitrogen and oxygen atoms in total. The van der Waals surface area contributed by atoms with Gasteiger partial charge in [-0.05, 0) is 37.1 Å². The van der Waals surface area contributed by atoms with Crippen molar-refractivity contribution >= 4 is 5.91 Å². The first kappa shape index (κ1) is 17.7. The van der Waals surface area contributed by atoms with Gasteiger partial charge in [0.2, 0.25) is 5.91 Å². The van der Waals surface area contributed by atoms with E-state index in [1.165, 1.54) is 0 Å². The quantitative estimate of drug-likeness (QED) is 0.858. The molecule has 134 valence electrons. The Morgan fingerprint density at radius 2 is 2.00 bits per heavy atom. The molecule has 1 aromatic carbocycles. The lowest BCUT2D eigenvalue weighted by Gasteiger charge is -2.42. The van der Waals surface area contributed by atoms with Gasteiger partial charge >= 0.3 is 0 Å². The zero-order chi connectivity index (χ0) is 17.7. The van der Waals surface area contributed by atoms with Gasteiger partial charge in [0, 0.05) is 37.4 Å². The fraction of sp³-hybridized carbons (Fsp3) is 0.450. The van der Waals surface area contributed by atoms with Gasteiger partial charge in [0.05, 0.1) is 13.5 Å². The van der Waals surface area contributed by atoms with E-state index in [9.17, 15) is 4.79 Å². The van der Waals surface area contributed by atoms with Crippen LogP contribution in [0.1, 0.15) is 18.9 Å². The molecule has 1 fully saturated rings. The number of benzene rings is 1. The topological polar surface area (TPSA) is 53.6 Å². The van der Waals surface area contributed by atoms with Crippen LogP contribution in [-0.2, 0) is 11.2 Å². The normalized spacial score (nSPS) is 23.8. The van der Waals surface area contributed by atoms with E-state index >= 15 is 0 Å². The van der Waals surface area contributed by atoms with Crippen molar-refractivity contribution in [2.45, 2.75) is 25.3 Å². The molecule has 1 atom stereocenters. The van der Waals surface area contributed by atoms with Gasteiger partial charge in [-0.2, -0.15) is 0 Å². The van der Waals surface area contributed by atoms with Crippen LogP contribution in [0, 0.1) is 0 Å². The Morgan fingerprint density at radius 3 is 2.60 bits per heavy atom. The fourth-order valence-corrected chi connectivity index (χ4v) is 3.36. The van der Waals surface area contributed by atoms with E-state index in [0.717, 1.165) is 49.6 Å². The summed E-state index contributed by atoms with van der Waals surface area (Å²) in [4.78, 5) is 14.8. The van der Waals surface area contributed by atoms with Crippen LogP contribution in [0.15, 0.2) is 48.2 Å². The highest BCUT2D eigenvalue weighted by Gasteiger charge is 2.30. The molecule has 2 N–H and O–H groups in total. The summed E-state index contributed by atoms with van der Waals surface area (Å²) in [6.45, 7) is 6.47. The van der Waals surface area contributed by atoms with Gasteiger partial charge in [-0.1, -0.05) is 24.3 Å². The summed E-state index contributed by atoms with van der Waals surface area (Å²) in [6, 6.07) is 7.60. The Hall–Kier alpha value is -2.11. The van der Waals surface area contributed by atoms with E-state index in [4.69, 9.17) is 4.74 Å². The highest BCUT2D eigenvalue weighted by molar-refractivity contribution is 5.80. The monoisotopic (exact) mass is 341 g/mol. The Bertz CT molecular complexity index is 660. The predicted molar refractivity (Wildman–Crippen MR) is 99.5 cm³/mol. The maximum atomic E-state index is 12.3. The second-order valence-electron chi connectivity index (χ2n) is 6.86. The van der Waals surface area contributed by atoms with Crippen LogP contribution in [-0.4, -0.2) is 49.6 Å². The van der Waals surface area contributed by atoms with E-state index in [-0.39, 0.29) is 11.4 Å². The highest BCUT2D eigenvalue weighted by Crippen LogP contribution is 2.27. The first-order valence-electron chi connectivity index (χ1n) is 8.87. The largest absolute Gasteiger partial charge is 0.497 e. The van der Waals surface area contributed by atoms with Crippen molar-refractivity contribution in [2.24, 2.45) is 0 Å². The second kappa shape index (κ2) is 7.85. The minimum absolute atomic E-state index is 0.00634. The van der Waals surface area contributed by atoms with E-state index in [1.807, 2.05) is 30.3 Å². The number of amides is 1. The van der Waals surface area contributed by atoms with Crippen molar-refractivity contribution in [3.05, 3.63) is 53.8 Å². The van der Waals surface area contributed by atoms with Crippen LogP contribution in [0.4, 0.5) is 0 Å². The van der Waals surface area contributed by atoms with Crippen molar-refractivity contribution in [1.82, 2.24) is 15.5 Å². The lowest BCUT2D eigenvalue weighted by atomic mass is 9.89. The fourth-order valence-electron chi connectivity index (χ4n) is 3.36. The summed E-state index contributed by atoms with van der Waals surface area (Å²) in [6.07, 6.45) is 7.68. The number of hydrogen-bond donors (Lipinski definition) is 2. The third kappa shape index (κ3) is 4.50. The van der Waals surface area contributed by atoms with Crippen LogP contribution in [0.3, 0.4) is 0 Å². The van der Waals surface area contributed by atoms with Gasteiger partial charge in [0.1, 0.15) is 5.75 Å². The lowest BCUT2D eigenvalue weighted by Crippen LogP contribution is -2.54. The van der Waals surface area contributed by atoms with Gasteiger partial charge < -0.3 is 15.4 Å². The van der Waals surface area contributed by atoms with E-state index < -0.39 is 0 Å². The third-order valence-electron chi connectivity index (χ3n) is 5.00. The van der Waals surface area contributed by atoms with E-state index in [1.54, 1.807) is 7.11 Å². The first-order valence-corrected chi connectivity index (χ1v) is 8.87. The first-order chi connectivity index (χ1) is 12.1. The van der Waals surface area contributed by atoms with Crippen LogP contribution in [0.25, 0.3) is 0 Å². The predicted octanol–water partition coefficient (Wildman–Crippen LogP) is 1.86. The Kier molecular flexibility index (Phi) is 5.56. The standard InChI is InChI=1S/C20H27N3O2/c1-20(23-13-11-21-12-14-23)9-7-17(8-10-20)22-19(24)15-16-3-5-18(25-2)6-4-16/h3-9,21H,10-15H2,1-2H3,(H,22,24). The minimum Gasteiger partial charge on any atom is -0.497 e. The number of rotatable bonds is 5. The average Bonchev–Trinajstić information content (AvgIpc) is 2.65.